The third-order valence-electron chi connectivity index (χ3n) is 3.13. The quantitative estimate of drug-likeness (QED) is 0.165. The van der Waals surface area contributed by atoms with E-state index >= 15 is 0 Å². The zero-order chi connectivity index (χ0) is 35.6. The third-order valence-corrected chi connectivity index (χ3v) is 3.13. The lowest BCUT2D eigenvalue weighted by molar-refractivity contribution is 0.907. The molecule has 5 rings (SSSR count). The molecule has 0 atom stereocenters. The summed E-state index contributed by atoms with van der Waals surface area (Å²) in [6, 6.07) is 0. The molecular formula is C32H60N14. The summed E-state index contributed by atoms with van der Waals surface area (Å²) in [5, 5.41) is 21.4. The highest BCUT2D eigenvalue weighted by molar-refractivity contribution is 4.89. The van der Waals surface area contributed by atoms with Crippen LogP contribution in [0.2, 0.25) is 0 Å². The molecule has 258 valence electrons. The molecule has 5 aromatic rings. The summed E-state index contributed by atoms with van der Waals surface area (Å²) >= 11 is 0. The van der Waals surface area contributed by atoms with E-state index in [0.29, 0.717) is 5.82 Å². The molecular weight excluding hydrogens is 580 g/mol. The summed E-state index contributed by atoms with van der Waals surface area (Å²) in [5.74, 6) is 1.47. The molecule has 5 heterocycles. The highest BCUT2D eigenvalue weighted by Crippen LogP contribution is 1.81. The van der Waals surface area contributed by atoms with Crippen LogP contribution in [0.25, 0.3) is 0 Å². The van der Waals surface area contributed by atoms with Gasteiger partial charge in [-0.05, 0) is 34.6 Å². The molecule has 14 nitrogen and oxygen atoms in total. The maximum Gasteiger partial charge on any atom is 0.147 e. The molecule has 0 spiro atoms. The maximum atomic E-state index is 3.92. The zero-order valence-corrected chi connectivity index (χ0v) is 30.1. The van der Waals surface area contributed by atoms with Gasteiger partial charge in [0.15, 0.2) is 0 Å². The number of rotatable bonds is 0. The van der Waals surface area contributed by atoms with Crippen LogP contribution in [0.15, 0.2) is 68.7 Å². The van der Waals surface area contributed by atoms with Gasteiger partial charge in [0.2, 0.25) is 0 Å². The van der Waals surface area contributed by atoms with Crippen molar-refractivity contribution in [3.05, 3.63) is 97.4 Å². The van der Waals surface area contributed by atoms with Crippen molar-refractivity contribution >= 4 is 0 Å². The van der Waals surface area contributed by atoms with Crippen LogP contribution in [0.3, 0.4) is 0 Å². The van der Waals surface area contributed by atoms with Crippen molar-refractivity contribution in [1.82, 2.24) is 70.5 Å². The van der Waals surface area contributed by atoms with Gasteiger partial charge in [0, 0.05) is 24.8 Å². The lowest BCUT2D eigenvalue weighted by Gasteiger charge is -1.81. The molecule has 0 aliphatic rings. The van der Waals surface area contributed by atoms with E-state index in [2.05, 4.69) is 70.5 Å². The van der Waals surface area contributed by atoms with Crippen LogP contribution in [0, 0.1) is 34.6 Å². The Bertz CT molecular complexity index is 908. The fourth-order valence-electron chi connectivity index (χ4n) is 1.59. The van der Waals surface area contributed by atoms with E-state index in [0.717, 1.165) is 22.9 Å². The molecule has 0 aliphatic heterocycles. The maximum absolute atomic E-state index is 3.92. The van der Waals surface area contributed by atoms with Crippen molar-refractivity contribution < 1.29 is 0 Å². The van der Waals surface area contributed by atoms with E-state index in [9.17, 15) is 0 Å². The van der Waals surface area contributed by atoms with Crippen molar-refractivity contribution in [1.29, 1.82) is 0 Å². The summed E-state index contributed by atoms with van der Waals surface area (Å²) in [4.78, 5) is 30.2. The number of hydrogen-bond donors (Lipinski definition) is 0. The van der Waals surface area contributed by atoms with Gasteiger partial charge in [-0.1, -0.05) is 76.7 Å². The van der Waals surface area contributed by atoms with Gasteiger partial charge in [0.1, 0.15) is 37.0 Å². The summed E-state index contributed by atoms with van der Waals surface area (Å²) < 4.78 is 0. The summed E-state index contributed by atoms with van der Waals surface area (Å²) in [6.07, 6.45) is 17.3. The lowest BCUT2D eigenvalue weighted by Crippen LogP contribution is -1.85. The van der Waals surface area contributed by atoms with Crippen LogP contribution in [0.1, 0.15) is 105 Å². The van der Waals surface area contributed by atoms with Crippen LogP contribution in [0.5, 0.6) is 0 Å². The summed E-state index contributed by atoms with van der Waals surface area (Å²) in [6.45, 7) is 29.2. The molecule has 46 heavy (non-hydrogen) atoms. The fourth-order valence-corrected chi connectivity index (χ4v) is 1.59. The van der Waals surface area contributed by atoms with Crippen molar-refractivity contribution in [2.75, 3.05) is 0 Å². The second-order valence-electron chi connectivity index (χ2n) is 6.22. The molecule has 14 heteroatoms. The number of nitrogens with zero attached hydrogens (tertiary/aromatic N) is 14. The normalized spacial score (nSPS) is 7.28. The predicted octanol–water partition coefficient (Wildman–Crippen LogP) is 7.27. The highest BCUT2D eigenvalue weighted by Gasteiger charge is 1.78. The molecule has 0 N–H and O–H groups in total. The number of aromatic nitrogens is 14. The molecule has 0 unspecified atom stereocenters. The average Bonchev–Trinajstić information content (AvgIpc) is 3.12. The first-order valence-corrected chi connectivity index (χ1v) is 15.1. The van der Waals surface area contributed by atoms with E-state index in [1.54, 1.807) is 50.3 Å². The molecule has 0 bridgehead atoms. The first kappa shape index (κ1) is 53.7. The highest BCUT2D eigenvalue weighted by atomic mass is 15.1. The molecule has 5 aromatic heterocycles. The van der Waals surface area contributed by atoms with Crippen LogP contribution in [-0.4, -0.2) is 70.5 Å². The van der Waals surface area contributed by atoms with Crippen LogP contribution >= 0.6 is 0 Å². The van der Waals surface area contributed by atoms with Gasteiger partial charge in [0.25, 0.3) is 0 Å². The summed E-state index contributed by atoms with van der Waals surface area (Å²) in [7, 11) is 0. The zero-order valence-electron chi connectivity index (χ0n) is 30.1. The Balaban J connectivity index is -0.000000101. The minimum absolute atomic E-state index is 0. The molecule has 0 saturated heterocycles. The monoisotopic (exact) mass is 641 g/mol. The summed E-state index contributed by atoms with van der Waals surface area (Å²) in [5.41, 5.74) is 2.71. The standard InChI is InChI=1S/C5H6N2.4C4H5N3.5C2H6.CH4/c1-5-4-6-2-3-7-5;1-4-6-2-5-3-7-4;1-4-2-6-7-3-5-4;1-4-2-5-3-6-7-4;1-4-5-2-3-6-7-4;5*1-2;/h2-4H,1H3;4*2-3H,1H3;5*1-2H3;1H4. The first-order valence-electron chi connectivity index (χ1n) is 15.1. The van der Waals surface area contributed by atoms with E-state index in [1.807, 2.05) is 96.9 Å². The Labute approximate surface area is 279 Å². The third kappa shape index (κ3) is 46.1. The van der Waals surface area contributed by atoms with Gasteiger partial charge in [-0.25, -0.2) is 29.9 Å². The second-order valence-corrected chi connectivity index (χ2v) is 6.22. The number of hydrogen-bond acceptors (Lipinski definition) is 14. The molecule has 0 fully saturated rings. The Hall–Kier alpha value is -4.88. The van der Waals surface area contributed by atoms with Crippen LogP contribution in [-0.2, 0) is 0 Å². The molecule has 0 aromatic carbocycles. The van der Waals surface area contributed by atoms with Crippen molar-refractivity contribution in [3.63, 3.8) is 0 Å². The minimum atomic E-state index is 0. The average molecular weight is 641 g/mol. The minimum Gasteiger partial charge on any atom is -0.261 e. The number of aryl methyl sites for hydroxylation is 5. The van der Waals surface area contributed by atoms with E-state index in [1.165, 1.54) is 25.3 Å². The Morgan fingerprint density at radius 1 is 0.348 bits per heavy atom. The largest absolute Gasteiger partial charge is 0.261 e. The molecule has 0 saturated carbocycles. The lowest BCUT2D eigenvalue weighted by atomic mass is 10.5. The van der Waals surface area contributed by atoms with Crippen LogP contribution in [0.4, 0.5) is 0 Å². The van der Waals surface area contributed by atoms with Crippen molar-refractivity contribution in [2.45, 2.75) is 111 Å². The first-order chi connectivity index (χ1) is 22.0. The van der Waals surface area contributed by atoms with E-state index < -0.39 is 0 Å². The Morgan fingerprint density at radius 2 is 0.891 bits per heavy atom. The predicted molar refractivity (Wildman–Crippen MR) is 188 cm³/mol. The van der Waals surface area contributed by atoms with Gasteiger partial charge < -0.3 is 0 Å². The van der Waals surface area contributed by atoms with Gasteiger partial charge in [-0.3, -0.25) is 9.97 Å². The SMILES string of the molecule is C.CC.CC.CC.CC.CC.Cc1cnccn1.Cc1cncnn1.Cc1cnncn1.Cc1nccnn1.Cc1ncncn1. The Kier molecular flexibility index (Phi) is 58.1. The van der Waals surface area contributed by atoms with Gasteiger partial charge >= 0.3 is 0 Å². The fraction of sp³-hybridized carbons (Fsp3) is 0.500. The Morgan fingerprint density at radius 3 is 1.11 bits per heavy atom. The molecule has 0 radical (unpaired) electrons. The van der Waals surface area contributed by atoms with Gasteiger partial charge in [-0.2, -0.15) is 15.3 Å². The smallest absolute Gasteiger partial charge is 0.147 e. The molecule has 0 amide bonds. The van der Waals surface area contributed by atoms with Gasteiger partial charge in [-0.15, -0.1) is 15.3 Å². The molecule has 0 aliphatic carbocycles. The van der Waals surface area contributed by atoms with Crippen molar-refractivity contribution in [2.24, 2.45) is 0 Å². The van der Waals surface area contributed by atoms with E-state index in [-0.39, 0.29) is 7.43 Å². The van der Waals surface area contributed by atoms with E-state index in [4.69, 9.17) is 0 Å². The van der Waals surface area contributed by atoms with Crippen LogP contribution < -0.4 is 0 Å². The second kappa shape index (κ2) is 49.8. The van der Waals surface area contributed by atoms with Crippen molar-refractivity contribution in [3.8, 4) is 0 Å². The topological polar surface area (TPSA) is 180 Å². The van der Waals surface area contributed by atoms with Gasteiger partial charge in [0.05, 0.1) is 35.7 Å².